The van der Waals surface area contributed by atoms with E-state index in [1.807, 2.05) is 0 Å². The van der Waals surface area contributed by atoms with E-state index in [-0.39, 0.29) is 24.8 Å². The van der Waals surface area contributed by atoms with Crippen molar-refractivity contribution in [3.8, 4) is 0 Å². The van der Waals surface area contributed by atoms with E-state index in [2.05, 4.69) is 13.2 Å². The van der Waals surface area contributed by atoms with Crippen LogP contribution in [0.1, 0.15) is 29.5 Å². The van der Waals surface area contributed by atoms with E-state index in [4.69, 9.17) is 4.74 Å². The Morgan fingerprint density at radius 1 is 0.853 bits per heavy atom. The molecule has 0 radical (unpaired) electrons. The lowest BCUT2D eigenvalue weighted by Gasteiger charge is -2.30. The molecule has 0 unspecified atom stereocenters. The molecule has 0 aromatic heterocycles. The monoisotopic (exact) mass is 506 g/mol. The number of rotatable bonds is 9. The number of benzene rings is 2. The number of halogens is 6. The van der Waals surface area contributed by atoms with Gasteiger partial charge in [-0.15, -0.1) is 13.2 Å². The summed E-state index contributed by atoms with van der Waals surface area (Å²) in [4.78, 5) is 11.7. The molecule has 0 spiro atoms. The van der Waals surface area contributed by atoms with Gasteiger partial charge in [0.15, 0.2) is 14.6 Å². The Hall–Kier alpha value is -3.08. The molecule has 0 aliphatic carbocycles. The van der Waals surface area contributed by atoms with E-state index in [1.54, 1.807) is 30.3 Å². The van der Waals surface area contributed by atoms with E-state index in [9.17, 15) is 39.6 Å². The van der Waals surface area contributed by atoms with Crippen LogP contribution < -0.4 is 0 Å². The lowest BCUT2D eigenvalue weighted by Crippen LogP contribution is -2.47. The van der Waals surface area contributed by atoms with Crippen LogP contribution in [0.3, 0.4) is 0 Å². The third kappa shape index (κ3) is 5.69. The van der Waals surface area contributed by atoms with Crippen LogP contribution in [-0.2, 0) is 38.3 Å². The van der Waals surface area contributed by atoms with Crippen LogP contribution in [-0.4, -0.2) is 19.1 Å². The largest absolute Gasteiger partial charge is 0.460 e. The van der Waals surface area contributed by atoms with E-state index in [1.165, 1.54) is 0 Å². The van der Waals surface area contributed by atoms with Gasteiger partial charge in [-0.3, -0.25) is 4.79 Å². The molecule has 2 rings (SSSR count). The van der Waals surface area contributed by atoms with Crippen LogP contribution in [0.4, 0.5) is 26.3 Å². The Labute approximate surface area is 192 Å². The Bertz CT molecular complexity index is 1110. The number of allylic oxidation sites excluding steroid dienone is 2. The van der Waals surface area contributed by atoms with E-state index in [0.717, 1.165) is 12.2 Å². The molecular formula is C23H20F6O4S. The van der Waals surface area contributed by atoms with Crippen LogP contribution in [0.5, 0.6) is 0 Å². The maximum absolute atomic E-state index is 13.5. The van der Waals surface area contributed by atoms with Gasteiger partial charge in [-0.05, 0) is 36.6 Å². The summed E-state index contributed by atoms with van der Waals surface area (Å²) in [6, 6.07) is 8.02. The Morgan fingerprint density at radius 2 is 1.32 bits per heavy atom. The van der Waals surface area contributed by atoms with Gasteiger partial charge in [0.25, 0.3) is 0 Å². The summed E-state index contributed by atoms with van der Waals surface area (Å²) in [7, 11) is -5.17. The van der Waals surface area contributed by atoms with Gasteiger partial charge in [-0.25, -0.2) is 8.42 Å². The number of esters is 1. The standard InChI is InChI=1S/C23H20F6O4S/c1-3-10-21(11-4-2,20(30)33-15-16-8-6-5-7-9-16)34(31,32)19-13-17(22(24,25)26)12-18(14-19)23(27,28)29/h3-9,12-14H,1-2,10-11,15H2. The number of sulfone groups is 1. The fourth-order valence-electron chi connectivity index (χ4n) is 3.21. The van der Waals surface area contributed by atoms with Crippen molar-refractivity contribution in [1.82, 2.24) is 0 Å². The molecule has 0 bridgehead atoms. The smallest absolute Gasteiger partial charge is 0.416 e. The first-order valence-electron chi connectivity index (χ1n) is 9.66. The minimum atomic E-state index is -5.28. The van der Waals surface area contributed by atoms with Gasteiger partial charge in [0.05, 0.1) is 16.0 Å². The molecule has 34 heavy (non-hydrogen) atoms. The van der Waals surface area contributed by atoms with Gasteiger partial charge in [0.2, 0.25) is 0 Å². The first-order valence-corrected chi connectivity index (χ1v) is 11.1. The third-order valence-electron chi connectivity index (χ3n) is 4.92. The highest BCUT2D eigenvalue weighted by Crippen LogP contribution is 2.41. The molecule has 0 fully saturated rings. The third-order valence-corrected chi connectivity index (χ3v) is 7.30. The Balaban J connectivity index is 2.69. The molecule has 11 heteroatoms. The van der Waals surface area contributed by atoms with Gasteiger partial charge < -0.3 is 4.74 Å². The van der Waals surface area contributed by atoms with E-state index < -0.39 is 61.8 Å². The number of ether oxygens (including phenoxy) is 1. The summed E-state index contributed by atoms with van der Waals surface area (Å²) in [5.41, 5.74) is -3.17. The minimum Gasteiger partial charge on any atom is -0.460 e. The fourth-order valence-corrected chi connectivity index (χ4v) is 5.18. The van der Waals surface area contributed by atoms with E-state index in [0.29, 0.717) is 5.56 Å². The van der Waals surface area contributed by atoms with Crippen molar-refractivity contribution >= 4 is 15.8 Å². The molecule has 0 saturated heterocycles. The number of hydrogen-bond acceptors (Lipinski definition) is 4. The molecule has 0 N–H and O–H groups in total. The minimum absolute atomic E-state index is 0.0655. The second kappa shape index (κ2) is 10.0. The van der Waals surface area contributed by atoms with Crippen molar-refractivity contribution in [1.29, 1.82) is 0 Å². The lowest BCUT2D eigenvalue weighted by atomic mass is 10.0. The quantitative estimate of drug-likeness (QED) is 0.233. The molecular weight excluding hydrogens is 486 g/mol. The van der Waals surface area contributed by atoms with Crippen molar-refractivity contribution < 1.29 is 44.3 Å². The average Bonchev–Trinajstić information content (AvgIpc) is 2.76. The van der Waals surface area contributed by atoms with Crippen LogP contribution in [0.15, 0.2) is 78.7 Å². The normalized spacial score (nSPS) is 12.8. The Morgan fingerprint density at radius 3 is 1.74 bits per heavy atom. The van der Waals surface area contributed by atoms with E-state index >= 15 is 0 Å². The second-order valence-electron chi connectivity index (χ2n) is 7.29. The summed E-state index contributed by atoms with van der Waals surface area (Å²) < 4.78 is 109. The summed E-state index contributed by atoms with van der Waals surface area (Å²) in [5, 5.41) is 0. The molecule has 0 saturated carbocycles. The zero-order valence-corrected chi connectivity index (χ0v) is 18.4. The van der Waals surface area contributed by atoms with Crippen molar-refractivity contribution in [3.63, 3.8) is 0 Å². The first-order chi connectivity index (χ1) is 15.7. The van der Waals surface area contributed by atoms with Crippen molar-refractivity contribution in [2.75, 3.05) is 0 Å². The molecule has 0 aliphatic rings. The average molecular weight is 506 g/mol. The van der Waals surface area contributed by atoms with Crippen LogP contribution in [0, 0.1) is 0 Å². The topological polar surface area (TPSA) is 60.4 Å². The summed E-state index contributed by atoms with van der Waals surface area (Å²) in [6.45, 7) is 6.39. The molecule has 0 atom stereocenters. The lowest BCUT2D eigenvalue weighted by molar-refractivity contribution is -0.148. The zero-order chi connectivity index (χ0) is 25.8. The SMILES string of the molecule is C=CCC(CC=C)(C(=O)OCc1ccccc1)S(=O)(=O)c1cc(C(F)(F)F)cc(C(F)(F)F)c1. The second-order valence-corrected chi connectivity index (χ2v) is 9.55. The number of carbonyl (C=O) groups is 1. The fraction of sp³-hybridized carbons (Fsp3) is 0.261. The maximum atomic E-state index is 13.5. The highest BCUT2D eigenvalue weighted by molar-refractivity contribution is 7.93. The maximum Gasteiger partial charge on any atom is 0.416 e. The molecule has 184 valence electrons. The van der Waals surface area contributed by atoms with Gasteiger partial charge >= 0.3 is 18.3 Å². The van der Waals surface area contributed by atoms with Gasteiger partial charge in [-0.1, -0.05) is 42.5 Å². The highest BCUT2D eigenvalue weighted by atomic mass is 32.2. The first kappa shape index (κ1) is 27.2. The van der Waals surface area contributed by atoms with Crippen molar-refractivity contribution in [2.45, 2.75) is 41.4 Å². The van der Waals surface area contributed by atoms with Crippen LogP contribution in [0.25, 0.3) is 0 Å². The summed E-state index contributed by atoms with van der Waals surface area (Å²) in [6.07, 6.45) is -9.82. The molecule has 4 nitrogen and oxygen atoms in total. The predicted octanol–water partition coefficient (Wildman–Crippen LogP) is 6.13. The Kier molecular flexibility index (Phi) is 8.02. The van der Waals surface area contributed by atoms with Crippen molar-refractivity contribution in [3.05, 3.63) is 90.5 Å². The van der Waals surface area contributed by atoms with Gasteiger partial charge in [0, 0.05) is 0 Å². The number of carbonyl (C=O) groups excluding carboxylic acids is 1. The highest BCUT2D eigenvalue weighted by Gasteiger charge is 2.52. The molecule has 2 aromatic carbocycles. The molecule has 0 amide bonds. The summed E-state index contributed by atoms with van der Waals surface area (Å²) in [5.74, 6) is -1.36. The summed E-state index contributed by atoms with van der Waals surface area (Å²) >= 11 is 0. The van der Waals surface area contributed by atoms with Crippen LogP contribution in [0.2, 0.25) is 0 Å². The number of alkyl halides is 6. The molecule has 0 heterocycles. The van der Waals surface area contributed by atoms with Crippen molar-refractivity contribution in [2.24, 2.45) is 0 Å². The van der Waals surface area contributed by atoms with Crippen LogP contribution >= 0.6 is 0 Å². The van der Waals surface area contributed by atoms with Gasteiger partial charge in [0.1, 0.15) is 6.61 Å². The zero-order valence-electron chi connectivity index (χ0n) is 17.6. The predicted molar refractivity (Wildman–Crippen MR) is 112 cm³/mol. The molecule has 0 aliphatic heterocycles. The number of hydrogen-bond donors (Lipinski definition) is 0. The molecule has 2 aromatic rings. The van der Waals surface area contributed by atoms with Gasteiger partial charge in [-0.2, -0.15) is 26.3 Å².